The number of thiophene rings is 1. The number of morpholine rings is 1. The Morgan fingerprint density at radius 3 is 2.27 bits per heavy atom. The zero-order valence-corrected chi connectivity index (χ0v) is 22.3. The van der Waals surface area contributed by atoms with E-state index in [0.717, 1.165) is 23.3 Å². The number of ether oxygens (including phenoxy) is 1. The van der Waals surface area contributed by atoms with Crippen molar-refractivity contribution in [3.63, 3.8) is 0 Å². The van der Waals surface area contributed by atoms with E-state index >= 15 is 0 Å². The van der Waals surface area contributed by atoms with Crippen molar-refractivity contribution in [1.29, 1.82) is 0 Å². The van der Waals surface area contributed by atoms with Gasteiger partial charge in [0.05, 0.1) is 30.2 Å². The van der Waals surface area contributed by atoms with Gasteiger partial charge >= 0.3 is 0 Å². The first kappa shape index (κ1) is 25.8. The lowest BCUT2D eigenvalue weighted by atomic mass is 10.0. The van der Waals surface area contributed by atoms with Gasteiger partial charge < -0.3 is 19.9 Å². The van der Waals surface area contributed by atoms with Crippen molar-refractivity contribution in [2.45, 2.75) is 37.6 Å². The Balaban J connectivity index is 1.40. The van der Waals surface area contributed by atoms with Gasteiger partial charge in [0.2, 0.25) is 15.9 Å². The first-order valence-corrected chi connectivity index (χ1v) is 14.7. The Morgan fingerprint density at radius 1 is 0.946 bits per heavy atom. The van der Waals surface area contributed by atoms with Gasteiger partial charge in [0.15, 0.2) is 0 Å². The zero-order valence-electron chi connectivity index (χ0n) is 20.7. The van der Waals surface area contributed by atoms with Gasteiger partial charge in [0, 0.05) is 50.1 Å². The number of fused-ring (bicyclic) bond motifs is 1. The maximum Gasteiger partial charge on any atom is 0.257 e. The fraction of sp³-hybridized carbons (Fsp3) is 0.480. The van der Waals surface area contributed by atoms with Crippen molar-refractivity contribution in [2.75, 3.05) is 51.3 Å². The fourth-order valence-corrected chi connectivity index (χ4v) is 7.71. The van der Waals surface area contributed by atoms with Crippen LogP contribution in [0.15, 0.2) is 29.2 Å². The highest BCUT2D eigenvalue weighted by atomic mass is 32.2. The van der Waals surface area contributed by atoms with Gasteiger partial charge in [-0.3, -0.25) is 14.4 Å². The molecule has 0 aliphatic carbocycles. The van der Waals surface area contributed by atoms with Crippen LogP contribution >= 0.6 is 11.3 Å². The summed E-state index contributed by atoms with van der Waals surface area (Å²) in [5.41, 5.74) is 1.65. The number of nitrogens with zero attached hydrogens (tertiary/aromatic N) is 3. The minimum atomic E-state index is -3.57. The SMILES string of the molecule is CC(=O)N1CCc2c(sc(NC(=O)c3ccc(S(=O)(=O)N4CCCC4)cc3)c2C(=O)N2CCOCC2)C1. The minimum Gasteiger partial charge on any atom is -0.378 e. The average molecular weight is 547 g/mol. The molecule has 0 bridgehead atoms. The second-order valence-electron chi connectivity index (χ2n) is 9.39. The highest BCUT2D eigenvalue weighted by molar-refractivity contribution is 7.89. The van der Waals surface area contributed by atoms with Crippen LogP contribution in [0.5, 0.6) is 0 Å². The molecule has 1 N–H and O–H groups in total. The average Bonchev–Trinajstić information content (AvgIpc) is 3.57. The number of anilines is 1. The van der Waals surface area contributed by atoms with Crippen LogP contribution in [0, 0.1) is 0 Å². The van der Waals surface area contributed by atoms with Crippen LogP contribution in [0.3, 0.4) is 0 Å². The number of rotatable bonds is 5. The normalized spacial score (nSPS) is 18.5. The molecule has 4 heterocycles. The molecule has 0 radical (unpaired) electrons. The summed E-state index contributed by atoms with van der Waals surface area (Å²) in [5.74, 6) is -0.614. The van der Waals surface area contributed by atoms with E-state index in [1.807, 2.05) is 0 Å². The lowest BCUT2D eigenvalue weighted by Crippen LogP contribution is -2.41. The van der Waals surface area contributed by atoms with Crippen LogP contribution in [0.25, 0.3) is 0 Å². The summed E-state index contributed by atoms with van der Waals surface area (Å²) >= 11 is 1.32. The number of amides is 3. The van der Waals surface area contributed by atoms with Crippen molar-refractivity contribution >= 4 is 44.1 Å². The van der Waals surface area contributed by atoms with Gasteiger partial charge in [-0.2, -0.15) is 4.31 Å². The molecular weight excluding hydrogens is 516 g/mol. The lowest BCUT2D eigenvalue weighted by Gasteiger charge is -2.29. The monoisotopic (exact) mass is 546 g/mol. The Labute approximate surface area is 220 Å². The predicted molar refractivity (Wildman–Crippen MR) is 138 cm³/mol. The van der Waals surface area contributed by atoms with Crippen molar-refractivity contribution < 1.29 is 27.5 Å². The van der Waals surface area contributed by atoms with E-state index < -0.39 is 15.9 Å². The van der Waals surface area contributed by atoms with Crippen LogP contribution in [-0.4, -0.2) is 86.2 Å². The topological polar surface area (TPSA) is 116 Å². The van der Waals surface area contributed by atoms with Gasteiger partial charge in [-0.25, -0.2) is 8.42 Å². The van der Waals surface area contributed by atoms with Gasteiger partial charge in [-0.15, -0.1) is 11.3 Å². The molecule has 37 heavy (non-hydrogen) atoms. The number of hydrogen-bond acceptors (Lipinski definition) is 7. The summed E-state index contributed by atoms with van der Waals surface area (Å²) in [6, 6.07) is 5.89. The Bertz CT molecular complexity index is 1310. The van der Waals surface area contributed by atoms with E-state index in [9.17, 15) is 22.8 Å². The lowest BCUT2D eigenvalue weighted by molar-refractivity contribution is -0.129. The molecule has 3 aliphatic heterocycles. The molecule has 3 amide bonds. The molecule has 0 unspecified atom stereocenters. The summed E-state index contributed by atoms with van der Waals surface area (Å²) in [6.07, 6.45) is 2.23. The Kier molecular flexibility index (Phi) is 7.35. The molecule has 2 fully saturated rings. The molecule has 5 rings (SSSR count). The molecule has 1 aromatic heterocycles. The molecule has 10 nitrogen and oxygen atoms in total. The van der Waals surface area contributed by atoms with E-state index in [0.29, 0.717) is 75.0 Å². The third-order valence-corrected chi connectivity index (χ3v) is 10.1. The Hall–Kier alpha value is -2.80. The number of benzene rings is 1. The van der Waals surface area contributed by atoms with Crippen molar-refractivity contribution in [3.8, 4) is 0 Å². The van der Waals surface area contributed by atoms with E-state index in [-0.39, 0.29) is 16.7 Å². The van der Waals surface area contributed by atoms with Crippen LogP contribution in [0.1, 0.15) is 50.9 Å². The number of nitrogens with one attached hydrogen (secondary N) is 1. The first-order chi connectivity index (χ1) is 17.8. The quantitative estimate of drug-likeness (QED) is 0.615. The van der Waals surface area contributed by atoms with Gasteiger partial charge in [0.25, 0.3) is 11.8 Å². The molecule has 0 atom stereocenters. The minimum absolute atomic E-state index is 0.0327. The van der Waals surface area contributed by atoms with Crippen LogP contribution < -0.4 is 5.32 Å². The second-order valence-corrected chi connectivity index (χ2v) is 12.4. The summed E-state index contributed by atoms with van der Waals surface area (Å²) in [6.45, 7) is 5.33. The molecule has 0 spiro atoms. The summed E-state index contributed by atoms with van der Waals surface area (Å²) in [7, 11) is -3.57. The highest BCUT2D eigenvalue weighted by Crippen LogP contribution is 2.38. The van der Waals surface area contributed by atoms with E-state index in [1.165, 1.54) is 46.8 Å². The number of carbonyl (C=O) groups excluding carboxylic acids is 3. The van der Waals surface area contributed by atoms with Gasteiger partial charge in [0.1, 0.15) is 5.00 Å². The zero-order chi connectivity index (χ0) is 26.2. The molecule has 3 aliphatic rings. The predicted octanol–water partition coefficient (Wildman–Crippen LogP) is 2.16. The third-order valence-electron chi connectivity index (χ3n) is 7.06. The maximum absolute atomic E-state index is 13.5. The highest BCUT2D eigenvalue weighted by Gasteiger charge is 2.32. The summed E-state index contributed by atoms with van der Waals surface area (Å²) in [5, 5.41) is 3.35. The van der Waals surface area contributed by atoms with E-state index in [4.69, 9.17) is 4.74 Å². The summed E-state index contributed by atoms with van der Waals surface area (Å²) < 4.78 is 32.5. The fourth-order valence-electron chi connectivity index (χ4n) is 4.94. The van der Waals surface area contributed by atoms with Crippen molar-refractivity contribution in [2.24, 2.45) is 0 Å². The van der Waals surface area contributed by atoms with Gasteiger partial charge in [-0.1, -0.05) is 0 Å². The maximum atomic E-state index is 13.5. The smallest absolute Gasteiger partial charge is 0.257 e. The molecule has 0 saturated carbocycles. The number of carbonyl (C=O) groups is 3. The number of hydrogen-bond donors (Lipinski definition) is 1. The van der Waals surface area contributed by atoms with Crippen molar-refractivity contribution in [3.05, 3.63) is 45.8 Å². The largest absolute Gasteiger partial charge is 0.378 e. The molecule has 12 heteroatoms. The van der Waals surface area contributed by atoms with Crippen LogP contribution in [0.4, 0.5) is 5.00 Å². The second kappa shape index (κ2) is 10.5. The molecule has 2 aromatic rings. The van der Waals surface area contributed by atoms with Crippen LogP contribution in [0.2, 0.25) is 0 Å². The molecule has 198 valence electrons. The van der Waals surface area contributed by atoms with Crippen molar-refractivity contribution in [1.82, 2.24) is 14.1 Å². The van der Waals surface area contributed by atoms with E-state index in [1.54, 1.807) is 9.80 Å². The summed E-state index contributed by atoms with van der Waals surface area (Å²) in [4.78, 5) is 43.2. The van der Waals surface area contributed by atoms with E-state index in [2.05, 4.69) is 5.32 Å². The van der Waals surface area contributed by atoms with Crippen LogP contribution in [-0.2, 0) is 32.5 Å². The Morgan fingerprint density at radius 2 is 1.62 bits per heavy atom. The molecular formula is C25H30N4O6S2. The third kappa shape index (κ3) is 5.15. The standard InChI is InChI=1S/C25H30N4O6S2/c1-17(30)28-11-8-20-21(16-28)36-24(22(20)25(32)27-12-14-35-15-13-27)26-23(31)18-4-6-19(7-5-18)37(33,34)29-9-2-3-10-29/h4-7H,2-3,8-16H2,1H3,(H,26,31). The first-order valence-electron chi connectivity index (χ1n) is 12.4. The van der Waals surface area contributed by atoms with Gasteiger partial charge in [-0.05, 0) is 49.1 Å². The molecule has 2 saturated heterocycles. The number of sulfonamides is 1. The molecule has 1 aromatic carbocycles.